The van der Waals surface area contributed by atoms with Crippen molar-refractivity contribution in [2.75, 3.05) is 31.6 Å². The first kappa shape index (κ1) is 18.0. The number of benzene rings is 2. The zero-order valence-corrected chi connectivity index (χ0v) is 15.2. The molecular weight excluding hydrogens is 308 g/mol. The summed E-state index contributed by atoms with van der Waals surface area (Å²) in [6.45, 7) is 2.93. The van der Waals surface area contributed by atoms with E-state index < -0.39 is 0 Å². The van der Waals surface area contributed by atoms with E-state index >= 15 is 0 Å². The van der Waals surface area contributed by atoms with Crippen molar-refractivity contribution in [3.63, 3.8) is 0 Å². The van der Waals surface area contributed by atoms with Crippen LogP contribution in [0.5, 0.6) is 0 Å². The molecular formula is C22H30N2O. The number of piperidine rings is 1. The molecule has 0 aliphatic carbocycles. The van der Waals surface area contributed by atoms with Gasteiger partial charge in [0.15, 0.2) is 0 Å². The number of nitrogens with zero attached hydrogens (tertiary/aromatic N) is 2. The summed E-state index contributed by atoms with van der Waals surface area (Å²) in [6.07, 6.45) is 3.92. The summed E-state index contributed by atoms with van der Waals surface area (Å²) < 4.78 is 0. The summed E-state index contributed by atoms with van der Waals surface area (Å²) in [7, 11) is 2.16. The van der Waals surface area contributed by atoms with E-state index in [0.717, 1.165) is 32.5 Å². The Morgan fingerprint density at radius 2 is 1.76 bits per heavy atom. The molecule has 3 nitrogen and oxygen atoms in total. The van der Waals surface area contributed by atoms with Gasteiger partial charge in [0, 0.05) is 31.4 Å². The van der Waals surface area contributed by atoms with Gasteiger partial charge in [-0.3, -0.25) is 4.90 Å². The molecule has 0 bridgehead atoms. The number of likely N-dealkylation sites (N-methyl/N-ethyl adjacent to an activating group) is 1. The average molecular weight is 338 g/mol. The minimum atomic E-state index is -0.266. The van der Waals surface area contributed by atoms with E-state index in [1.807, 2.05) is 6.07 Å². The van der Waals surface area contributed by atoms with Gasteiger partial charge in [0.2, 0.25) is 0 Å². The van der Waals surface area contributed by atoms with Gasteiger partial charge in [-0.05, 0) is 50.4 Å². The summed E-state index contributed by atoms with van der Waals surface area (Å²) >= 11 is 0. The van der Waals surface area contributed by atoms with Crippen LogP contribution in [0.1, 0.15) is 24.8 Å². The highest BCUT2D eigenvalue weighted by molar-refractivity contribution is 5.46. The standard InChI is InChI=1S/C22H30N2O/c1-23(18-22(25)15-14-19-9-4-2-5-10-19)21-13-8-16-24(17-21)20-11-6-3-7-12-20/h2-7,9-12,21-22,25H,8,13-18H2,1H3/t21-,22-/m1/s1. The van der Waals surface area contributed by atoms with Crippen molar-refractivity contribution in [1.29, 1.82) is 0 Å². The summed E-state index contributed by atoms with van der Waals surface area (Å²) in [5, 5.41) is 10.4. The summed E-state index contributed by atoms with van der Waals surface area (Å²) in [6, 6.07) is 21.6. The van der Waals surface area contributed by atoms with Crippen molar-refractivity contribution in [2.45, 2.75) is 37.8 Å². The van der Waals surface area contributed by atoms with Crippen LogP contribution in [-0.4, -0.2) is 48.8 Å². The Morgan fingerprint density at radius 3 is 2.48 bits per heavy atom. The molecule has 0 amide bonds. The normalized spacial score (nSPS) is 19.2. The van der Waals surface area contributed by atoms with Gasteiger partial charge < -0.3 is 10.0 Å². The first-order valence-electron chi connectivity index (χ1n) is 9.44. The Morgan fingerprint density at radius 1 is 1.08 bits per heavy atom. The Bertz CT molecular complexity index is 616. The van der Waals surface area contributed by atoms with Crippen molar-refractivity contribution in [3.05, 3.63) is 66.2 Å². The molecule has 0 saturated carbocycles. The van der Waals surface area contributed by atoms with Gasteiger partial charge in [0.25, 0.3) is 0 Å². The first-order valence-corrected chi connectivity index (χ1v) is 9.44. The van der Waals surface area contributed by atoms with E-state index in [-0.39, 0.29) is 6.10 Å². The second kappa shape index (κ2) is 9.02. The van der Waals surface area contributed by atoms with Crippen LogP contribution in [0.2, 0.25) is 0 Å². The molecule has 1 fully saturated rings. The highest BCUT2D eigenvalue weighted by Crippen LogP contribution is 2.22. The lowest BCUT2D eigenvalue weighted by atomic mass is 10.0. The van der Waals surface area contributed by atoms with Crippen LogP contribution in [0.4, 0.5) is 5.69 Å². The highest BCUT2D eigenvalue weighted by Gasteiger charge is 2.24. The summed E-state index contributed by atoms with van der Waals surface area (Å²) in [4.78, 5) is 4.83. The number of aryl methyl sites for hydroxylation is 1. The maximum absolute atomic E-state index is 10.4. The van der Waals surface area contributed by atoms with Crippen LogP contribution in [0, 0.1) is 0 Å². The fraction of sp³-hybridized carbons (Fsp3) is 0.455. The zero-order chi connectivity index (χ0) is 17.5. The van der Waals surface area contributed by atoms with Gasteiger partial charge in [-0.1, -0.05) is 48.5 Å². The lowest BCUT2D eigenvalue weighted by molar-refractivity contribution is 0.0926. The largest absolute Gasteiger partial charge is 0.392 e. The maximum Gasteiger partial charge on any atom is 0.0670 e. The fourth-order valence-corrected chi connectivity index (χ4v) is 3.74. The highest BCUT2D eigenvalue weighted by atomic mass is 16.3. The van der Waals surface area contributed by atoms with Gasteiger partial charge >= 0.3 is 0 Å². The molecule has 0 aromatic heterocycles. The van der Waals surface area contributed by atoms with Crippen molar-refractivity contribution in [3.8, 4) is 0 Å². The predicted molar refractivity (Wildman–Crippen MR) is 105 cm³/mol. The summed E-state index contributed by atoms with van der Waals surface area (Å²) in [5.41, 5.74) is 2.61. The third-order valence-corrected chi connectivity index (χ3v) is 5.25. The van der Waals surface area contributed by atoms with Crippen LogP contribution in [0.3, 0.4) is 0 Å². The second-order valence-electron chi connectivity index (χ2n) is 7.20. The quantitative estimate of drug-likeness (QED) is 0.836. The van der Waals surface area contributed by atoms with Gasteiger partial charge in [0.05, 0.1) is 6.10 Å². The third-order valence-electron chi connectivity index (χ3n) is 5.25. The molecule has 134 valence electrons. The molecule has 1 aliphatic heterocycles. The van der Waals surface area contributed by atoms with Crippen LogP contribution < -0.4 is 4.90 Å². The Labute approximate surface area is 151 Å². The number of hydrogen-bond donors (Lipinski definition) is 1. The Balaban J connectivity index is 1.47. The smallest absolute Gasteiger partial charge is 0.0670 e. The third kappa shape index (κ3) is 5.32. The zero-order valence-electron chi connectivity index (χ0n) is 15.2. The van der Waals surface area contributed by atoms with E-state index in [1.165, 1.54) is 24.1 Å². The number of aliphatic hydroxyl groups excluding tert-OH is 1. The fourth-order valence-electron chi connectivity index (χ4n) is 3.74. The minimum Gasteiger partial charge on any atom is -0.392 e. The van der Waals surface area contributed by atoms with E-state index in [9.17, 15) is 5.11 Å². The van der Waals surface area contributed by atoms with Gasteiger partial charge in [-0.2, -0.15) is 0 Å². The molecule has 2 aromatic carbocycles. The first-order chi connectivity index (χ1) is 12.2. The van der Waals surface area contributed by atoms with Crippen LogP contribution in [0.25, 0.3) is 0 Å². The van der Waals surface area contributed by atoms with E-state index in [0.29, 0.717) is 6.04 Å². The van der Waals surface area contributed by atoms with Crippen molar-refractivity contribution >= 4 is 5.69 Å². The molecule has 1 heterocycles. The Kier molecular flexibility index (Phi) is 6.48. The van der Waals surface area contributed by atoms with Crippen LogP contribution in [-0.2, 0) is 6.42 Å². The molecule has 1 aliphatic rings. The summed E-state index contributed by atoms with van der Waals surface area (Å²) in [5.74, 6) is 0. The van der Waals surface area contributed by atoms with Crippen LogP contribution in [0.15, 0.2) is 60.7 Å². The number of hydrogen-bond acceptors (Lipinski definition) is 3. The average Bonchev–Trinajstić information content (AvgIpc) is 2.68. The number of aliphatic hydroxyl groups is 1. The molecule has 0 unspecified atom stereocenters. The van der Waals surface area contributed by atoms with Crippen molar-refractivity contribution < 1.29 is 5.11 Å². The van der Waals surface area contributed by atoms with Crippen LogP contribution >= 0.6 is 0 Å². The van der Waals surface area contributed by atoms with E-state index in [1.54, 1.807) is 0 Å². The lowest BCUT2D eigenvalue weighted by Gasteiger charge is -2.39. The molecule has 0 radical (unpaired) electrons. The number of para-hydroxylation sites is 1. The molecule has 0 spiro atoms. The van der Waals surface area contributed by atoms with Gasteiger partial charge in [-0.15, -0.1) is 0 Å². The molecule has 1 saturated heterocycles. The molecule has 1 N–H and O–H groups in total. The second-order valence-corrected chi connectivity index (χ2v) is 7.20. The lowest BCUT2D eigenvalue weighted by Crippen LogP contribution is -2.48. The topological polar surface area (TPSA) is 26.7 Å². The molecule has 2 atom stereocenters. The van der Waals surface area contributed by atoms with Gasteiger partial charge in [0.1, 0.15) is 0 Å². The Hall–Kier alpha value is -1.84. The number of rotatable bonds is 7. The molecule has 3 rings (SSSR count). The van der Waals surface area contributed by atoms with Gasteiger partial charge in [-0.25, -0.2) is 0 Å². The predicted octanol–water partition coefficient (Wildman–Crippen LogP) is 3.58. The SMILES string of the molecule is CN(C[C@H](O)CCc1ccccc1)[C@@H]1CCCN(c2ccccc2)C1. The van der Waals surface area contributed by atoms with E-state index in [4.69, 9.17) is 0 Å². The molecule has 3 heteroatoms. The minimum absolute atomic E-state index is 0.266. The molecule has 2 aromatic rings. The maximum atomic E-state index is 10.4. The number of anilines is 1. The van der Waals surface area contributed by atoms with Crippen molar-refractivity contribution in [2.24, 2.45) is 0 Å². The van der Waals surface area contributed by atoms with Crippen molar-refractivity contribution in [1.82, 2.24) is 4.90 Å². The molecule has 25 heavy (non-hydrogen) atoms. The monoisotopic (exact) mass is 338 g/mol. The van der Waals surface area contributed by atoms with E-state index in [2.05, 4.69) is 71.4 Å².